The largest absolute Gasteiger partial charge is 0.478 e. The van der Waals surface area contributed by atoms with Crippen molar-refractivity contribution in [2.75, 3.05) is 11.9 Å². The second-order valence-corrected chi connectivity index (χ2v) is 7.59. The molecule has 4 rings (SSSR count). The van der Waals surface area contributed by atoms with Crippen LogP contribution in [0.25, 0.3) is 10.8 Å². The number of nitrogens with zero attached hydrogens (tertiary/aromatic N) is 3. The van der Waals surface area contributed by atoms with Crippen molar-refractivity contribution in [1.82, 2.24) is 9.55 Å². The number of benzene rings is 2. The highest BCUT2D eigenvalue weighted by atomic mass is 16.4. The molecule has 2 heterocycles. The first kappa shape index (κ1) is 29.0. The van der Waals surface area contributed by atoms with E-state index < -0.39 is 23.9 Å². The third-order valence-corrected chi connectivity index (χ3v) is 4.80. The van der Waals surface area contributed by atoms with Gasteiger partial charge in [0, 0.05) is 66.4 Å². The van der Waals surface area contributed by atoms with Crippen LogP contribution in [0.4, 0.5) is 5.69 Å². The van der Waals surface area contributed by atoms with E-state index in [2.05, 4.69) is 51.3 Å². The molecule has 1 aromatic heterocycles. The number of amidine groups is 1. The van der Waals surface area contributed by atoms with Gasteiger partial charge in [0.25, 0.3) is 0 Å². The van der Waals surface area contributed by atoms with Gasteiger partial charge >= 0.3 is 23.9 Å². The van der Waals surface area contributed by atoms with Crippen LogP contribution < -0.4 is 5.32 Å². The van der Waals surface area contributed by atoms with Gasteiger partial charge in [-0.3, -0.25) is 4.99 Å². The molecule has 38 heavy (non-hydrogen) atoms. The lowest BCUT2D eigenvalue weighted by molar-refractivity contribution is -0.134. The highest BCUT2D eigenvalue weighted by molar-refractivity contribution is 6.25. The number of anilines is 1. The van der Waals surface area contributed by atoms with Crippen LogP contribution in [0.5, 0.6) is 0 Å². The summed E-state index contributed by atoms with van der Waals surface area (Å²) in [5.41, 5.74) is 2.40. The van der Waals surface area contributed by atoms with Crippen molar-refractivity contribution in [2.45, 2.75) is 19.4 Å². The Bertz CT molecular complexity index is 1290. The van der Waals surface area contributed by atoms with Crippen molar-refractivity contribution < 1.29 is 39.6 Å². The smallest absolute Gasteiger partial charge is 0.328 e. The molecule has 12 nitrogen and oxygen atoms in total. The second-order valence-electron chi connectivity index (χ2n) is 7.59. The lowest BCUT2D eigenvalue weighted by Gasteiger charge is -2.02. The number of aliphatic carboxylic acids is 4. The summed E-state index contributed by atoms with van der Waals surface area (Å²) < 4.78 is 2.11. The molecule has 0 saturated heterocycles. The number of hydrogen-bond acceptors (Lipinski definition) is 6. The minimum atomic E-state index is -1.26. The monoisotopic (exact) mass is 522 g/mol. The molecule has 0 atom stereocenters. The van der Waals surface area contributed by atoms with Crippen LogP contribution in [-0.4, -0.2) is 66.2 Å². The number of hydrogen-bond donors (Lipinski definition) is 5. The molecule has 1 aliphatic heterocycles. The molecule has 0 amide bonds. The summed E-state index contributed by atoms with van der Waals surface area (Å²) in [5, 5.41) is 37.3. The second kappa shape index (κ2) is 15.0. The van der Waals surface area contributed by atoms with E-state index in [1.807, 2.05) is 18.7 Å². The van der Waals surface area contributed by atoms with Gasteiger partial charge in [-0.05, 0) is 24.3 Å². The van der Waals surface area contributed by atoms with Crippen molar-refractivity contribution in [1.29, 1.82) is 0 Å². The van der Waals surface area contributed by atoms with Gasteiger partial charge in [-0.1, -0.05) is 30.3 Å². The molecule has 0 radical (unpaired) electrons. The predicted octanol–water partition coefficient (Wildman–Crippen LogP) is 3.11. The number of imidazole rings is 1. The Morgan fingerprint density at radius 1 is 0.842 bits per heavy atom. The molecule has 0 unspecified atom stereocenters. The van der Waals surface area contributed by atoms with E-state index in [1.165, 1.54) is 22.0 Å². The summed E-state index contributed by atoms with van der Waals surface area (Å²) in [4.78, 5) is 47.0. The number of unbranched alkanes of at least 4 members (excludes halogenated alkanes) is 1. The average molecular weight is 523 g/mol. The third kappa shape index (κ3) is 10.2. The van der Waals surface area contributed by atoms with Crippen LogP contribution >= 0.6 is 0 Å². The summed E-state index contributed by atoms with van der Waals surface area (Å²) in [6, 6.07) is 12.8. The van der Waals surface area contributed by atoms with Crippen molar-refractivity contribution in [2.24, 2.45) is 4.99 Å². The SMILES string of the molecule is O=C(O)/C=C\C(=O)O.O=C(O)/C=C\C(=O)O.c1cc2c3c(cccc3c1)C(=NCCCCn1ccnc1)N2. The Hall–Kier alpha value is -5.26. The fourth-order valence-electron chi connectivity index (χ4n) is 3.26. The van der Waals surface area contributed by atoms with Gasteiger partial charge in [0.2, 0.25) is 0 Å². The Kier molecular flexibility index (Phi) is 11.4. The first-order chi connectivity index (χ1) is 18.2. The molecule has 0 fully saturated rings. The molecule has 0 spiro atoms. The predicted molar refractivity (Wildman–Crippen MR) is 139 cm³/mol. The van der Waals surface area contributed by atoms with Crippen LogP contribution in [-0.2, 0) is 25.7 Å². The first-order valence-electron chi connectivity index (χ1n) is 11.2. The number of carboxylic acids is 4. The quantitative estimate of drug-likeness (QED) is 0.206. The van der Waals surface area contributed by atoms with E-state index in [4.69, 9.17) is 25.4 Å². The number of carbonyl (C=O) groups is 4. The Labute approximate surface area is 216 Å². The van der Waals surface area contributed by atoms with E-state index >= 15 is 0 Å². The third-order valence-electron chi connectivity index (χ3n) is 4.80. The van der Waals surface area contributed by atoms with E-state index in [1.54, 1.807) is 0 Å². The topological polar surface area (TPSA) is 191 Å². The molecular weight excluding hydrogens is 496 g/mol. The maximum absolute atomic E-state index is 9.55. The first-order valence-corrected chi connectivity index (χ1v) is 11.2. The molecule has 0 bridgehead atoms. The van der Waals surface area contributed by atoms with Crippen molar-refractivity contribution >= 4 is 46.2 Å². The van der Waals surface area contributed by atoms with Crippen molar-refractivity contribution in [3.05, 3.63) is 85.0 Å². The van der Waals surface area contributed by atoms with Crippen LogP contribution in [0, 0.1) is 0 Å². The number of rotatable bonds is 9. The Morgan fingerprint density at radius 2 is 1.42 bits per heavy atom. The zero-order valence-electron chi connectivity index (χ0n) is 20.1. The molecule has 0 saturated carbocycles. The summed E-state index contributed by atoms with van der Waals surface area (Å²) in [5.74, 6) is -4.02. The van der Waals surface area contributed by atoms with E-state index in [-0.39, 0.29) is 0 Å². The maximum atomic E-state index is 9.55. The summed E-state index contributed by atoms with van der Waals surface area (Å²) in [6.45, 7) is 1.86. The number of aryl methyl sites for hydroxylation is 1. The van der Waals surface area contributed by atoms with Crippen molar-refractivity contribution in [3.8, 4) is 0 Å². The highest BCUT2D eigenvalue weighted by Gasteiger charge is 2.18. The molecule has 198 valence electrons. The Morgan fingerprint density at radius 3 is 1.95 bits per heavy atom. The number of nitrogens with one attached hydrogen (secondary N) is 1. The molecule has 1 aliphatic rings. The Balaban J connectivity index is 0.000000264. The average Bonchev–Trinajstić information content (AvgIpc) is 3.52. The van der Waals surface area contributed by atoms with Crippen LogP contribution in [0.2, 0.25) is 0 Å². The maximum Gasteiger partial charge on any atom is 0.328 e. The van der Waals surface area contributed by atoms with Gasteiger partial charge in [0.15, 0.2) is 0 Å². The fraction of sp³-hybridized carbons (Fsp3) is 0.154. The van der Waals surface area contributed by atoms with Crippen LogP contribution in [0.3, 0.4) is 0 Å². The lowest BCUT2D eigenvalue weighted by Crippen LogP contribution is -2.08. The molecular formula is C26H26N4O8. The van der Waals surface area contributed by atoms with E-state index in [9.17, 15) is 19.2 Å². The fourth-order valence-corrected chi connectivity index (χ4v) is 3.26. The van der Waals surface area contributed by atoms with Gasteiger partial charge < -0.3 is 30.3 Å². The lowest BCUT2D eigenvalue weighted by atomic mass is 10.1. The zero-order valence-corrected chi connectivity index (χ0v) is 20.1. The van der Waals surface area contributed by atoms with Gasteiger partial charge in [-0.2, -0.15) is 0 Å². The van der Waals surface area contributed by atoms with E-state index in [0.29, 0.717) is 24.3 Å². The summed E-state index contributed by atoms with van der Waals surface area (Å²) in [6.07, 6.45) is 10.1. The molecule has 3 aromatic rings. The van der Waals surface area contributed by atoms with Gasteiger partial charge in [0.05, 0.1) is 6.33 Å². The zero-order chi connectivity index (χ0) is 27.9. The van der Waals surface area contributed by atoms with Gasteiger partial charge in [0.1, 0.15) is 5.84 Å². The molecule has 5 N–H and O–H groups in total. The highest BCUT2D eigenvalue weighted by Crippen LogP contribution is 2.32. The van der Waals surface area contributed by atoms with Crippen molar-refractivity contribution in [3.63, 3.8) is 0 Å². The number of carboxylic acid groups (broad SMARTS) is 4. The van der Waals surface area contributed by atoms with E-state index in [0.717, 1.165) is 31.8 Å². The normalized spacial score (nSPS) is 12.5. The summed E-state index contributed by atoms with van der Waals surface area (Å²) in [7, 11) is 0. The van der Waals surface area contributed by atoms with Gasteiger partial charge in [-0.15, -0.1) is 0 Å². The minimum absolute atomic E-state index is 0.558. The molecule has 12 heteroatoms. The summed E-state index contributed by atoms with van der Waals surface area (Å²) >= 11 is 0. The minimum Gasteiger partial charge on any atom is -0.478 e. The van der Waals surface area contributed by atoms with Gasteiger partial charge in [-0.25, -0.2) is 24.2 Å². The number of aliphatic imine (C=N–C) groups is 1. The standard InChI is InChI=1S/C18H18N4.2C4H4O4/c1(2-11-22-12-10-19-13-22)9-20-18-15-7-3-5-14-6-4-8-16(21-18)17(14)15;2*5-3(6)1-2-4(7)8/h3-8,10,12-13H,1-2,9,11H2,(H,20,21);2*1-2H,(H,5,6)(H,7,8)/b;2*2-1-. The molecule has 0 aliphatic carbocycles. The number of aromatic nitrogens is 2. The molecule has 2 aromatic carbocycles. The van der Waals surface area contributed by atoms with Crippen LogP contribution in [0.1, 0.15) is 18.4 Å². The van der Waals surface area contributed by atoms with Crippen LogP contribution in [0.15, 0.2) is 84.4 Å².